The topological polar surface area (TPSA) is 264 Å². The van der Waals surface area contributed by atoms with Gasteiger partial charge in [0.25, 0.3) is 0 Å². The molecule has 4 heterocycles. The molecule has 1 aromatic heterocycles. The minimum absolute atomic E-state index is 0.0397. The molecule has 17 heteroatoms. The Balaban J connectivity index is 1.42. The Labute approximate surface area is 286 Å². The zero-order chi connectivity index (χ0) is 36.3. The number of cyclic esters (lactones) is 1. The van der Waals surface area contributed by atoms with Crippen molar-refractivity contribution < 1.29 is 83.3 Å². The normalized spacial score (nSPS) is 47.8. The molecule has 0 amide bonds. The van der Waals surface area contributed by atoms with Crippen molar-refractivity contribution in [3.63, 3.8) is 0 Å². The van der Waals surface area contributed by atoms with Gasteiger partial charge in [0, 0.05) is 16.6 Å². The van der Waals surface area contributed by atoms with E-state index in [1.165, 1.54) is 25.7 Å². The predicted molar refractivity (Wildman–Crippen MR) is 162 cm³/mol. The number of aliphatic hydroxyl groups is 8. The predicted octanol–water partition coefficient (Wildman–Crippen LogP) is -2.21. The monoisotopic (exact) mass is 714 g/mol. The van der Waals surface area contributed by atoms with Gasteiger partial charge in [0.15, 0.2) is 12.6 Å². The number of esters is 2. The summed E-state index contributed by atoms with van der Waals surface area (Å²) >= 11 is 0. The third-order valence-corrected chi connectivity index (χ3v) is 11.6. The highest BCUT2D eigenvalue weighted by atomic mass is 16.7. The van der Waals surface area contributed by atoms with Gasteiger partial charge in [-0.15, -0.1) is 0 Å². The summed E-state index contributed by atoms with van der Waals surface area (Å²) < 4.78 is 40.2. The Hall–Kier alpha value is -2.52. The minimum atomic E-state index is -1.77. The van der Waals surface area contributed by atoms with Gasteiger partial charge >= 0.3 is 11.9 Å². The van der Waals surface area contributed by atoms with Gasteiger partial charge in [-0.2, -0.15) is 0 Å². The highest BCUT2D eigenvalue weighted by Crippen LogP contribution is 2.66. The largest absolute Gasteiger partial charge is 0.472 e. The molecule has 1 saturated carbocycles. The number of rotatable bonds is 8. The van der Waals surface area contributed by atoms with Gasteiger partial charge in [-0.3, -0.25) is 4.79 Å². The van der Waals surface area contributed by atoms with Crippen molar-refractivity contribution in [3.05, 3.63) is 35.8 Å². The van der Waals surface area contributed by atoms with Crippen LogP contribution in [0.5, 0.6) is 0 Å². The highest BCUT2D eigenvalue weighted by Gasteiger charge is 2.67. The van der Waals surface area contributed by atoms with Gasteiger partial charge < -0.3 is 73.7 Å². The molecule has 8 N–H and O–H groups in total. The molecule has 4 fully saturated rings. The summed E-state index contributed by atoms with van der Waals surface area (Å²) in [4.78, 5) is 27.6. The second-order valence-corrected chi connectivity index (χ2v) is 14.3. The zero-order valence-electron chi connectivity index (χ0n) is 27.8. The van der Waals surface area contributed by atoms with Crippen molar-refractivity contribution in [2.24, 2.45) is 22.7 Å². The van der Waals surface area contributed by atoms with Crippen LogP contribution in [0.3, 0.4) is 0 Å². The Morgan fingerprint density at radius 3 is 2.02 bits per heavy atom. The van der Waals surface area contributed by atoms with Crippen LogP contribution < -0.4 is 0 Å². The molecular weight excluding hydrogens is 668 g/mol. The van der Waals surface area contributed by atoms with E-state index >= 15 is 0 Å². The average molecular weight is 715 g/mol. The third-order valence-electron chi connectivity index (χ3n) is 11.6. The van der Waals surface area contributed by atoms with Crippen LogP contribution in [0.1, 0.15) is 44.8 Å². The molecular formula is C33H46O17. The van der Waals surface area contributed by atoms with Crippen molar-refractivity contribution in [2.45, 2.75) is 113 Å². The van der Waals surface area contributed by atoms with Crippen LogP contribution in [0.25, 0.3) is 0 Å². The van der Waals surface area contributed by atoms with Crippen molar-refractivity contribution in [1.29, 1.82) is 0 Å². The van der Waals surface area contributed by atoms with Crippen molar-refractivity contribution in [2.75, 3.05) is 20.3 Å². The van der Waals surface area contributed by atoms with Crippen LogP contribution in [0.15, 0.2) is 34.7 Å². The van der Waals surface area contributed by atoms with Crippen LogP contribution in [-0.4, -0.2) is 147 Å². The fourth-order valence-electron chi connectivity index (χ4n) is 8.76. The van der Waals surface area contributed by atoms with E-state index in [1.54, 1.807) is 13.0 Å². The Kier molecular flexibility index (Phi) is 10.5. The van der Waals surface area contributed by atoms with Crippen LogP contribution in [0, 0.1) is 22.7 Å². The summed E-state index contributed by atoms with van der Waals surface area (Å²) in [5, 5.41) is 82.7. The number of hydrogen-bond acceptors (Lipinski definition) is 17. The smallest absolute Gasteiger partial charge is 0.334 e. The minimum Gasteiger partial charge on any atom is -0.472 e. The Morgan fingerprint density at radius 2 is 1.48 bits per heavy atom. The summed E-state index contributed by atoms with van der Waals surface area (Å²) in [6.45, 7) is 2.24. The number of furan rings is 1. The van der Waals surface area contributed by atoms with E-state index in [0.717, 1.165) is 0 Å². The van der Waals surface area contributed by atoms with Gasteiger partial charge in [-0.1, -0.05) is 13.8 Å². The number of carbonyl (C=O) groups is 2. The van der Waals surface area contributed by atoms with Crippen molar-refractivity contribution >= 4 is 11.9 Å². The molecule has 0 spiro atoms. The van der Waals surface area contributed by atoms with Gasteiger partial charge in [-0.25, -0.2) is 4.79 Å². The average Bonchev–Trinajstić information content (AvgIpc) is 3.64. The molecule has 0 bridgehead atoms. The summed E-state index contributed by atoms with van der Waals surface area (Å²) in [7, 11) is 1.18. The number of hydrogen-bond donors (Lipinski definition) is 8. The van der Waals surface area contributed by atoms with E-state index in [2.05, 4.69) is 0 Å². The van der Waals surface area contributed by atoms with Crippen LogP contribution in [0.4, 0.5) is 0 Å². The molecule has 2 aliphatic carbocycles. The second-order valence-electron chi connectivity index (χ2n) is 14.3. The maximum atomic E-state index is 13.9. The third kappa shape index (κ3) is 6.10. The lowest BCUT2D eigenvalue weighted by Gasteiger charge is -2.63. The van der Waals surface area contributed by atoms with E-state index in [0.29, 0.717) is 5.56 Å². The molecule has 280 valence electrons. The van der Waals surface area contributed by atoms with Crippen LogP contribution in [-0.2, 0) is 38.0 Å². The standard InChI is InChI=1S/C33H46O17/c1-32-9-17(13-4-5-45-12-13)47-29(43)15(32)8-21(50-31-27(41)25(39)23(37)19(11-35)49-31)33(2)16(28(42)44-3)6-14(7-20(32)33)46-30-26(40)24(38)22(36)18(10-34)48-30/h4-6,12,14-15,17-27,30-31,34-41H,7-11H2,1-3H3/t14-,15+,17-,18+,19+,20-,21-,22+,23+,24-,25-,26+,27+,30+,31-,32+,33-/m0/s1. The van der Waals surface area contributed by atoms with Crippen LogP contribution in [0.2, 0.25) is 0 Å². The fraction of sp³-hybridized carbons (Fsp3) is 0.758. The van der Waals surface area contributed by atoms with E-state index in [-0.39, 0.29) is 24.8 Å². The summed E-state index contributed by atoms with van der Waals surface area (Å²) in [6.07, 6.45) is -14.1. The lowest BCUT2D eigenvalue weighted by atomic mass is 9.44. The van der Waals surface area contributed by atoms with Gasteiger partial charge in [-0.05, 0) is 42.7 Å². The number of aliphatic hydroxyl groups excluding tert-OH is 8. The van der Waals surface area contributed by atoms with Crippen LogP contribution >= 0.6 is 0 Å². The molecule has 17 atom stereocenters. The summed E-state index contributed by atoms with van der Waals surface area (Å²) in [5.74, 6) is -2.87. The van der Waals surface area contributed by atoms with E-state index in [9.17, 15) is 50.4 Å². The first kappa shape index (κ1) is 37.2. The van der Waals surface area contributed by atoms with E-state index in [1.807, 2.05) is 6.92 Å². The number of fused-ring (bicyclic) bond motifs is 3. The first-order valence-corrected chi connectivity index (χ1v) is 16.6. The van der Waals surface area contributed by atoms with Crippen molar-refractivity contribution in [1.82, 2.24) is 0 Å². The summed E-state index contributed by atoms with van der Waals surface area (Å²) in [5.41, 5.74) is -1.58. The van der Waals surface area contributed by atoms with Crippen molar-refractivity contribution in [3.8, 4) is 0 Å². The van der Waals surface area contributed by atoms with Gasteiger partial charge in [0.1, 0.15) is 54.9 Å². The van der Waals surface area contributed by atoms with E-state index < -0.39 is 128 Å². The quantitative estimate of drug-likeness (QED) is 0.133. The molecule has 50 heavy (non-hydrogen) atoms. The molecule has 6 rings (SSSR count). The number of ether oxygens (including phenoxy) is 6. The molecule has 0 unspecified atom stereocenters. The maximum absolute atomic E-state index is 13.9. The molecule has 17 nitrogen and oxygen atoms in total. The highest BCUT2D eigenvalue weighted by molar-refractivity contribution is 5.91. The lowest BCUT2D eigenvalue weighted by Crippen LogP contribution is -2.66. The fourth-order valence-corrected chi connectivity index (χ4v) is 8.76. The molecule has 5 aliphatic rings. The van der Waals surface area contributed by atoms with E-state index in [4.69, 9.17) is 32.8 Å². The molecule has 0 radical (unpaired) electrons. The lowest BCUT2D eigenvalue weighted by molar-refractivity contribution is -0.332. The van der Waals surface area contributed by atoms with Gasteiger partial charge in [0.2, 0.25) is 0 Å². The first-order valence-electron chi connectivity index (χ1n) is 16.6. The SMILES string of the molecule is COC(=O)C1=C[C@H](O[C@@H]2O[C@H](CO)[C@@H](O)[C@H](O)[C@H]2O)C[C@H]2[C@]3(C)C[C@@H](c4ccoc4)OC(=O)[C@H]3C[C@H](O[C@@H]3O[C@H](CO)[C@@H](O)[C@H](O)[C@H]3O)[C@@]12C. The van der Waals surface area contributed by atoms with Gasteiger partial charge in [0.05, 0.1) is 51.0 Å². The summed E-state index contributed by atoms with van der Waals surface area (Å²) in [6, 6.07) is 1.68. The second kappa shape index (κ2) is 14.1. The molecule has 3 saturated heterocycles. The maximum Gasteiger partial charge on any atom is 0.334 e. The molecule has 3 aliphatic heterocycles. The Bertz CT molecular complexity index is 1400. The zero-order valence-corrected chi connectivity index (χ0v) is 27.8. The molecule has 0 aromatic carbocycles. The first-order chi connectivity index (χ1) is 23.7. The molecule has 1 aromatic rings. The Morgan fingerprint density at radius 1 is 0.880 bits per heavy atom. The number of carbonyl (C=O) groups excluding carboxylic acids is 2. The number of methoxy groups -OCH3 is 1.